The summed E-state index contributed by atoms with van der Waals surface area (Å²) in [4.78, 5) is 26.1. The van der Waals surface area contributed by atoms with Gasteiger partial charge in [0.25, 0.3) is 0 Å². The van der Waals surface area contributed by atoms with Gasteiger partial charge in [0.05, 0.1) is 6.04 Å². The molecule has 1 saturated heterocycles. The van der Waals surface area contributed by atoms with E-state index >= 15 is 0 Å². The molecule has 0 radical (unpaired) electrons. The van der Waals surface area contributed by atoms with Gasteiger partial charge in [0.2, 0.25) is 0 Å². The summed E-state index contributed by atoms with van der Waals surface area (Å²) in [7, 11) is 2.99. The molecular formula is C15H23NO5. The molecule has 2 unspecified atom stereocenters. The fraction of sp³-hybridized carbons (Fsp3) is 0.733. The quantitative estimate of drug-likeness (QED) is 0.588. The lowest BCUT2D eigenvalue weighted by Crippen LogP contribution is -2.63. The third-order valence-corrected chi connectivity index (χ3v) is 3.73. The van der Waals surface area contributed by atoms with Crippen LogP contribution < -0.4 is 0 Å². The van der Waals surface area contributed by atoms with E-state index in [4.69, 9.17) is 14.2 Å². The zero-order valence-electron chi connectivity index (χ0n) is 13.2. The van der Waals surface area contributed by atoms with Crippen LogP contribution in [0.15, 0.2) is 12.2 Å². The zero-order chi connectivity index (χ0) is 15.8. The van der Waals surface area contributed by atoms with Crippen LogP contribution in [0.2, 0.25) is 0 Å². The minimum absolute atomic E-state index is 0.0870. The summed E-state index contributed by atoms with van der Waals surface area (Å²) in [5, 5.41) is 0. The average Bonchev–Trinajstić information content (AvgIpc) is 2.59. The van der Waals surface area contributed by atoms with Crippen molar-refractivity contribution in [3.8, 4) is 0 Å². The fourth-order valence-corrected chi connectivity index (χ4v) is 3.07. The van der Waals surface area contributed by atoms with E-state index in [0.29, 0.717) is 6.42 Å². The Morgan fingerprint density at radius 2 is 2.00 bits per heavy atom. The summed E-state index contributed by atoms with van der Waals surface area (Å²) in [5.41, 5.74) is -1.53. The van der Waals surface area contributed by atoms with E-state index in [9.17, 15) is 9.59 Å². The lowest BCUT2D eigenvalue weighted by molar-refractivity contribution is -0.180. The first-order chi connectivity index (χ1) is 9.73. The number of methoxy groups -OCH3 is 2. The monoisotopic (exact) mass is 297 g/mol. The van der Waals surface area contributed by atoms with Crippen molar-refractivity contribution in [2.75, 3.05) is 14.2 Å². The maximum atomic E-state index is 12.6. The number of carbonyl (C=O) groups is 2. The first-order valence-corrected chi connectivity index (χ1v) is 7.02. The van der Waals surface area contributed by atoms with E-state index in [2.05, 4.69) is 0 Å². The van der Waals surface area contributed by atoms with E-state index in [-0.39, 0.29) is 18.2 Å². The molecule has 1 amide bonds. The molecular weight excluding hydrogens is 274 g/mol. The Morgan fingerprint density at radius 3 is 2.52 bits per heavy atom. The van der Waals surface area contributed by atoms with Crippen LogP contribution in [0.3, 0.4) is 0 Å². The van der Waals surface area contributed by atoms with Crippen LogP contribution in [-0.4, -0.2) is 54.5 Å². The molecule has 6 heteroatoms. The Kier molecular flexibility index (Phi) is 4.13. The molecule has 2 heterocycles. The van der Waals surface area contributed by atoms with Crippen molar-refractivity contribution in [2.45, 2.75) is 57.1 Å². The van der Waals surface area contributed by atoms with E-state index in [1.165, 1.54) is 14.2 Å². The minimum atomic E-state index is -0.925. The van der Waals surface area contributed by atoms with Crippen molar-refractivity contribution >= 4 is 11.9 Å². The van der Waals surface area contributed by atoms with E-state index in [1.807, 2.05) is 32.9 Å². The van der Waals surface area contributed by atoms with Crippen LogP contribution in [0.1, 0.15) is 33.6 Å². The van der Waals surface area contributed by atoms with E-state index < -0.39 is 23.5 Å². The number of Topliss-reactive ketones (excluding diaryl/α,β-unsaturated/α-hetero) is 1. The molecule has 0 aromatic rings. The smallest absolute Gasteiger partial charge is 0.411 e. The standard InChI is InChI=1S/C15H23NO5/c1-14(2,3)21-13(18)16-10-6-7-15(16,9-11(17)8-10)12(19-4)20-5/h6-7,10,12H,8-9H2,1-5H3. The van der Waals surface area contributed by atoms with Crippen molar-refractivity contribution in [3.05, 3.63) is 12.2 Å². The number of hydrogen-bond donors (Lipinski definition) is 0. The SMILES string of the molecule is COC(OC)C12C=CC(CC(=O)C1)N2C(=O)OC(C)(C)C. The van der Waals surface area contributed by atoms with Crippen molar-refractivity contribution in [1.29, 1.82) is 0 Å². The number of ether oxygens (including phenoxy) is 3. The van der Waals surface area contributed by atoms with Gasteiger partial charge in [0.1, 0.15) is 16.9 Å². The molecule has 0 saturated carbocycles. The van der Waals surface area contributed by atoms with Gasteiger partial charge in [-0.1, -0.05) is 12.2 Å². The Bertz CT molecular complexity index is 463. The predicted molar refractivity (Wildman–Crippen MR) is 75.8 cm³/mol. The second-order valence-electron chi connectivity index (χ2n) is 6.49. The van der Waals surface area contributed by atoms with Crippen LogP contribution in [0.4, 0.5) is 4.79 Å². The molecule has 6 nitrogen and oxygen atoms in total. The summed E-state index contributed by atoms with van der Waals surface area (Å²) >= 11 is 0. The number of rotatable bonds is 3. The Hall–Kier alpha value is -1.40. The van der Waals surface area contributed by atoms with E-state index in [1.54, 1.807) is 4.90 Å². The molecule has 2 aliphatic heterocycles. The predicted octanol–water partition coefficient (Wildman–Crippen LogP) is 1.88. The molecule has 2 atom stereocenters. The van der Waals surface area contributed by atoms with Gasteiger partial charge in [-0.05, 0) is 20.8 Å². The van der Waals surface area contributed by atoms with Crippen molar-refractivity contribution < 1.29 is 23.8 Å². The van der Waals surface area contributed by atoms with Gasteiger partial charge in [-0.3, -0.25) is 9.69 Å². The Balaban J connectivity index is 2.35. The number of fused-ring (bicyclic) bond motifs is 2. The fourth-order valence-electron chi connectivity index (χ4n) is 3.07. The first-order valence-electron chi connectivity index (χ1n) is 7.02. The third-order valence-electron chi connectivity index (χ3n) is 3.73. The Morgan fingerprint density at radius 1 is 1.38 bits per heavy atom. The number of hydrogen-bond acceptors (Lipinski definition) is 5. The van der Waals surface area contributed by atoms with Crippen LogP contribution >= 0.6 is 0 Å². The van der Waals surface area contributed by atoms with E-state index in [0.717, 1.165) is 0 Å². The van der Waals surface area contributed by atoms with Crippen molar-refractivity contribution in [3.63, 3.8) is 0 Å². The van der Waals surface area contributed by atoms with Gasteiger partial charge in [0, 0.05) is 27.1 Å². The first kappa shape index (κ1) is 16.0. The van der Waals surface area contributed by atoms with Gasteiger partial charge in [-0.15, -0.1) is 0 Å². The maximum absolute atomic E-state index is 12.6. The number of piperidine rings is 1. The summed E-state index contributed by atoms with van der Waals surface area (Å²) in [5.74, 6) is 0.0870. The van der Waals surface area contributed by atoms with Crippen LogP contribution in [-0.2, 0) is 19.0 Å². The molecule has 118 valence electrons. The van der Waals surface area contributed by atoms with Crippen molar-refractivity contribution in [2.24, 2.45) is 0 Å². The summed E-state index contributed by atoms with van der Waals surface area (Å²) in [6, 6.07) is -0.297. The summed E-state index contributed by atoms with van der Waals surface area (Å²) in [6.45, 7) is 5.43. The van der Waals surface area contributed by atoms with Gasteiger partial charge in [-0.2, -0.15) is 0 Å². The molecule has 0 spiro atoms. The highest BCUT2D eigenvalue weighted by molar-refractivity contribution is 5.86. The van der Waals surface area contributed by atoms with Gasteiger partial charge in [0.15, 0.2) is 6.29 Å². The Labute approximate surface area is 125 Å². The number of amides is 1. The lowest BCUT2D eigenvalue weighted by atomic mass is 9.87. The summed E-state index contributed by atoms with van der Waals surface area (Å²) < 4.78 is 16.2. The zero-order valence-corrected chi connectivity index (χ0v) is 13.2. The van der Waals surface area contributed by atoms with Gasteiger partial charge >= 0.3 is 6.09 Å². The van der Waals surface area contributed by atoms with Crippen LogP contribution in [0.25, 0.3) is 0 Å². The average molecular weight is 297 g/mol. The molecule has 0 aromatic heterocycles. The minimum Gasteiger partial charge on any atom is -0.444 e. The van der Waals surface area contributed by atoms with Crippen LogP contribution in [0.5, 0.6) is 0 Å². The third kappa shape index (κ3) is 2.82. The number of ketones is 1. The maximum Gasteiger partial charge on any atom is 0.411 e. The topological polar surface area (TPSA) is 65.1 Å². The van der Waals surface area contributed by atoms with Crippen LogP contribution in [0, 0.1) is 0 Å². The molecule has 2 bridgehead atoms. The molecule has 2 rings (SSSR count). The highest BCUT2D eigenvalue weighted by atomic mass is 16.7. The number of nitrogens with zero attached hydrogens (tertiary/aromatic N) is 1. The second kappa shape index (κ2) is 5.42. The van der Waals surface area contributed by atoms with Crippen molar-refractivity contribution in [1.82, 2.24) is 4.90 Å². The number of carbonyl (C=O) groups excluding carboxylic acids is 2. The normalized spacial score (nSPS) is 28.4. The van der Waals surface area contributed by atoms with Gasteiger partial charge in [-0.25, -0.2) is 4.79 Å². The van der Waals surface area contributed by atoms with Gasteiger partial charge < -0.3 is 14.2 Å². The molecule has 0 aliphatic carbocycles. The molecule has 21 heavy (non-hydrogen) atoms. The summed E-state index contributed by atoms with van der Waals surface area (Å²) in [6.07, 6.45) is 3.01. The molecule has 2 aliphatic rings. The molecule has 0 aromatic carbocycles. The lowest BCUT2D eigenvalue weighted by Gasteiger charge is -2.46. The highest BCUT2D eigenvalue weighted by Gasteiger charge is 2.56. The second-order valence-corrected chi connectivity index (χ2v) is 6.49. The highest BCUT2D eigenvalue weighted by Crippen LogP contribution is 2.42. The molecule has 1 fully saturated rings. The molecule has 0 N–H and O–H groups in total. The largest absolute Gasteiger partial charge is 0.444 e.